The summed E-state index contributed by atoms with van der Waals surface area (Å²) in [5.41, 5.74) is 5.68. The zero-order valence-electron chi connectivity index (χ0n) is 6.03. The predicted octanol–water partition coefficient (Wildman–Crippen LogP) is 0.472. The van der Waals surface area contributed by atoms with Crippen LogP contribution in [0.15, 0.2) is 23.1 Å². The summed E-state index contributed by atoms with van der Waals surface area (Å²) in [6, 6.07) is 7.00. The second-order valence-corrected chi connectivity index (χ2v) is 4.27. The van der Waals surface area contributed by atoms with Crippen molar-refractivity contribution in [3.8, 4) is 0 Å². The smallest absolute Gasteiger partial charge is 0.175 e. The van der Waals surface area contributed by atoms with Crippen LogP contribution >= 0.6 is 0 Å². The van der Waals surface area contributed by atoms with Crippen LogP contribution in [-0.2, 0) is 9.84 Å². The summed E-state index contributed by atoms with van der Waals surface area (Å²) in [6.45, 7) is 0. The lowest BCUT2D eigenvalue weighted by Crippen LogP contribution is -1.97. The fourth-order valence-electron chi connectivity index (χ4n) is 0.694. The molecular weight excluding hydrogens is 162 g/mol. The first-order chi connectivity index (χ1) is 5.00. The molecule has 0 fully saturated rings. The first-order valence-electron chi connectivity index (χ1n) is 2.97. The van der Waals surface area contributed by atoms with E-state index >= 15 is 0 Å². The van der Waals surface area contributed by atoms with Crippen LogP contribution in [0.4, 0.5) is 5.69 Å². The number of sulfone groups is 1. The Bertz CT molecular complexity index is 356. The van der Waals surface area contributed by atoms with E-state index in [1.165, 1.54) is 18.2 Å². The lowest BCUT2D eigenvalue weighted by Gasteiger charge is -1.97. The first-order valence-corrected chi connectivity index (χ1v) is 4.86. The van der Waals surface area contributed by atoms with Gasteiger partial charge in [-0.15, -0.1) is 0 Å². The van der Waals surface area contributed by atoms with Crippen molar-refractivity contribution in [1.82, 2.24) is 0 Å². The Labute approximate surface area is 65.8 Å². The van der Waals surface area contributed by atoms with E-state index in [4.69, 9.17) is 5.73 Å². The maximum absolute atomic E-state index is 10.9. The summed E-state index contributed by atoms with van der Waals surface area (Å²) in [5, 5.41) is 0. The fraction of sp³-hybridized carbons (Fsp3) is 0.143. The summed E-state index contributed by atoms with van der Waals surface area (Å²) in [4.78, 5) is 0.230. The molecule has 4 heteroatoms. The van der Waals surface area contributed by atoms with Crippen molar-refractivity contribution in [3.63, 3.8) is 0 Å². The molecule has 0 saturated carbocycles. The van der Waals surface area contributed by atoms with E-state index in [1.54, 1.807) is 0 Å². The molecule has 0 aliphatic heterocycles. The third-order valence-electron chi connectivity index (χ3n) is 1.22. The van der Waals surface area contributed by atoms with Crippen molar-refractivity contribution in [2.75, 3.05) is 12.0 Å². The van der Waals surface area contributed by atoms with Crippen molar-refractivity contribution >= 4 is 15.5 Å². The van der Waals surface area contributed by atoms with Gasteiger partial charge in [-0.1, -0.05) is 6.07 Å². The molecule has 0 bridgehead atoms. The normalized spacial score (nSPS) is 11.4. The highest BCUT2D eigenvalue weighted by molar-refractivity contribution is 7.90. The van der Waals surface area contributed by atoms with Gasteiger partial charge in [-0.25, -0.2) is 8.42 Å². The molecule has 1 radical (unpaired) electrons. The highest BCUT2D eigenvalue weighted by Crippen LogP contribution is 2.11. The van der Waals surface area contributed by atoms with E-state index in [0.29, 0.717) is 5.69 Å². The topological polar surface area (TPSA) is 60.2 Å². The molecule has 1 rings (SSSR count). The molecule has 0 heterocycles. The minimum Gasteiger partial charge on any atom is -0.398 e. The van der Waals surface area contributed by atoms with Gasteiger partial charge >= 0.3 is 0 Å². The maximum Gasteiger partial charge on any atom is 0.175 e. The highest BCUT2D eigenvalue weighted by atomic mass is 32.2. The van der Waals surface area contributed by atoms with Crippen molar-refractivity contribution in [2.24, 2.45) is 0 Å². The second kappa shape index (κ2) is 2.54. The van der Waals surface area contributed by atoms with E-state index in [9.17, 15) is 8.42 Å². The van der Waals surface area contributed by atoms with E-state index < -0.39 is 9.84 Å². The van der Waals surface area contributed by atoms with Crippen LogP contribution in [0, 0.1) is 6.07 Å². The molecule has 3 nitrogen and oxygen atoms in total. The van der Waals surface area contributed by atoms with Crippen LogP contribution in [0.2, 0.25) is 0 Å². The number of nitrogens with two attached hydrogens (primary N) is 1. The molecule has 1 aromatic rings. The Morgan fingerprint density at radius 1 is 1.55 bits per heavy atom. The van der Waals surface area contributed by atoms with E-state index in [2.05, 4.69) is 6.07 Å². The Morgan fingerprint density at radius 3 is 2.55 bits per heavy atom. The molecule has 59 valence electrons. The van der Waals surface area contributed by atoms with Crippen LogP contribution in [-0.4, -0.2) is 14.7 Å². The Hall–Kier alpha value is -1.03. The van der Waals surface area contributed by atoms with Crippen LogP contribution in [0.25, 0.3) is 0 Å². The number of benzene rings is 1. The zero-order valence-corrected chi connectivity index (χ0v) is 6.85. The van der Waals surface area contributed by atoms with Gasteiger partial charge in [-0.3, -0.25) is 0 Å². The molecule has 0 saturated heterocycles. The second-order valence-electron chi connectivity index (χ2n) is 2.25. The van der Waals surface area contributed by atoms with Gasteiger partial charge in [0.15, 0.2) is 9.84 Å². The van der Waals surface area contributed by atoms with Crippen LogP contribution in [0.3, 0.4) is 0 Å². The van der Waals surface area contributed by atoms with E-state index in [0.717, 1.165) is 6.26 Å². The molecule has 0 aliphatic carbocycles. The van der Waals surface area contributed by atoms with Crippen molar-refractivity contribution < 1.29 is 8.42 Å². The Morgan fingerprint density at radius 2 is 2.18 bits per heavy atom. The van der Waals surface area contributed by atoms with Gasteiger partial charge in [0.2, 0.25) is 0 Å². The summed E-state index contributed by atoms with van der Waals surface area (Å²) in [5.74, 6) is 0. The third kappa shape index (κ3) is 1.94. The minimum absolute atomic E-state index is 0.230. The number of hydrogen-bond donors (Lipinski definition) is 1. The van der Waals surface area contributed by atoms with Crippen molar-refractivity contribution in [2.45, 2.75) is 4.90 Å². The Kier molecular flexibility index (Phi) is 1.87. The van der Waals surface area contributed by atoms with Gasteiger partial charge < -0.3 is 5.73 Å². The molecule has 0 atom stereocenters. The standard InChI is InChI=1S/C7H8NO2S/c1-11(9,10)7-4-2-3-6(8)5-7/h2,4-5H,8H2,1H3. The fourth-order valence-corrected chi connectivity index (χ4v) is 1.35. The largest absolute Gasteiger partial charge is 0.398 e. The quantitative estimate of drug-likeness (QED) is 0.623. The first kappa shape index (κ1) is 8.07. The number of hydrogen-bond acceptors (Lipinski definition) is 3. The summed E-state index contributed by atoms with van der Waals surface area (Å²) < 4.78 is 21.8. The lowest BCUT2D eigenvalue weighted by molar-refractivity contribution is 0.602. The molecule has 0 spiro atoms. The molecule has 0 unspecified atom stereocenters. The lowest BCUT2D eigenvalue weighted by atomic mass is 10.3. The molecule has 2 N–H and O–H groups in total. The van der Waals surface area contributed by atoms with E-state index in [-0.39, 0.29) is 4.90 Å². The molecule has 1 aromatic carbocycles. The summed E-state index contributed by atoms with van der Waals surface area (Å²) in [7, 11) is -3.13. The number of rotatable bonds is 1. The minimum atomic E-state index is -3.13. The molecule has 0 aromatic heterocycles. The van der Waals surface area contributed by atoms with Crippen molar-refractivity contribution in [3.05, 3.63) is 24.3 Å². The van der Waals surface area contributed by atoms with E-state index in [1.807, 2.05) is 0 Å². The summed E-state index contributed by atoms with van der Waals surface area (Å²) in [6.07, 6.45) is 1.14. The Balaban J connectivity index is 3.28. The monoisotopic (exact) mass is 170 g/mol. The predicted molar refractivity (Wildman–Crippen MR) is 42.8 cm³/mol. The average molecular weight is 170 g/mol. The zero-order chi connectivity index (χ0) is 8.48. The average Bonchev–Trinajstić information content (AvgIpc) is 1.86. The van der Waals surface area contributed by atoms with Gasteiger partial charge in [-0.2, -0.15) is 0 Å². The maximum atomic E-state index is 10.9. The SMILES string of the molecule is CS(=O)(=O)c1cc[c]c(N)c1. The van der Waals surface area contributed by atoms with Crippen LogP contribution in [0.5, 0.6) is 0 Å². The van der Waals surface area contributed by atoms with Gasteiger partial charge in [-0.05, 0) is 12.1 Å². The molecular formula is C7H8NO2S. The summed E-state index contributed by atoms with van der Waals surface area (Å²) >= 11 is 0. The number of anilines is 1. The van der Waals surface area contributed by atoms with Gasteiger partial charge in [0.25, 0.3) is 0 Å². The van der Waals surface area contributed by atoms with Gasteiger partial charge in [0.05, 0.1) is 4.90 Å². The van der Waals surface area contributed by atoms with Crippen molar-refractivity contribution in [1.29, 1.82) is 0 Å². The highest BCUT2D eigenvalue weighted by Gasteiger charge is 2.05. The van der Waals surface area contributed by atoms with Gasteiger partial charge in [0, 0.05) is 18.0 Å². The van der Waals surface area contributed by atoms with Crippen LogP contribution < -0.4 is 5.73 Å². The third-order valence-corrected chi connectivity index (χ3v) is 2.33. The van der Waals surface area contributed by atoms with Gasteiger partial charge in [0.1, 0.15) is 0 Å². The van der Waals surface area contributed by atoms with Crippen LogP contribution in [0.1, 0.15) is 0 Å². The number of nitrogen functional groups attached to an aromatic ring is 1. The molecule has 0 aliphatic rings. The molecule has 11 heavy (non-hydrogen) atoms. The molecule has 0 amide bonds.